The molecular formula is C24H26F3N5OS. The highest BCUT2D eigenvalue weighted by molar-refractivity contribution is 7.21. The van der Waals surface area contributed by atoms with Gasteiger partial charge in [0.1, 0.15) is 27.2 Å². The molecule has 0 spiro atoms. The Morgan fingerprint density at radius 1 is 1.21 bits per heavy atom. The number of rotatable bonds is 5. The monoisotopic (exact) mass is 489 g/mol. The number of thiophene rings is 1. The van der Waals surface area contributed by atoms with E-state index < -0.39 is 29.3 Å². The first kappa shape index (κ1) is 22.9. The number of benzene rings is 1. The predicted molar refractivity (Wildman–Crippen MR) is 128 cm³/mol. The molecule has 2 aromatic heterocycles. The molecule has 2 saturated heterocycles. The summed E-state index contributed by atoms with van der Waals surface area (Å²) in [6, 6.07) is 4.39. The molecule has 1 unspecified atom stereocenters. The third-order valence-corrected chi connectivity index (χ3v) is 7.89. The third-order valence-electron chi connectivity index (χ3n) is 6.78. The van der Waals surface area contributed by atoms with Crippen LogP contribution in [0.5, 0.6) is 0 Å². The maximum absolute atomic E-state index is 15.0. The minimum absolute atomic E-state index is 0.0842. The van der Waals surface area contributed by atoms with E-state index in [4.69, 9.17) is 5.73 Å². The number of anilines is 2. The van der Waals surface area contributed by atoms with Gasteiger partial charge in [0, 0.05) is 49.1 Å². The molecule has 0 saturated carbocycles. The van der Waals surface area contributed by atoms with Crippen molar-refractivity contribution >= 4 is 38.8 Å². The zero-order valence-corrected chi connectivity index (χ0v) is 19.7. The van der Waals surface area contributed by atoms with Gasteiger partial charge in [-0.1, -0.05) is 6.92 Å². The number of aryl methyl sites for hydroxylation is 1. The molecular weight excluding hydrogens is 463 g/mol. The van der Waals surface area contributed by atoms with E-state index in [-0.39, 0.29) is 34.1 Å². The van der Waals surface area contributed by atoms with Crippen LogP contribution >= 0.6 is 11.3 Å². The van der Waals surface area contributed by atoms with E-state index in [9.17, 15) is 18.0 Å². The second-order valence-electron chi connectivity index (χ2n) is 9.23. The smallest absolute Gasteiger partial charge is 0.263 e. The van der Waals surface area contributed by atoms with Crippen LogP contribution < -0.4 is 21.3 Å². The Hall–Kier alpha value is -2.85. The van der Waals surface area contributed by atoms with Crippen LogP contribution in [0.4, 0.5) is 24.5 Å². The van der Waals surface area contributed by atoms with Gasteiger partial charge in [-0.05, 0) is 37.5 Å². The molecule has 3 aromatic rings. The van der Waals surface area contributed by atoms with Crippen LogP contribution in [0.2, 0.25) is 0 Å². The van der Waals surface area contributed by atoms with Crippen molar-refractivity contribution in [2.24, 2.45) is 0 Å². The van der Waals surface area contributed by atoms with Gasteiger partial charge < -0.3 is 21.3 Å². The molecule has 6 nitrogen and oxygen atoms in total. The highest BCUT2D eigenvalue weighted by Gasteiger charge is 2.33. The topological polar surface area (TPSA) is 83.3 Å². The molecule has 0 radical (unpaired) electrons. The first-order chi connectivity index (χ1) is 16.2. The molecule has 1 amide bonds. The van der Waals surface area contributed by atoms with Gasteiger partial charge in [-0.25, -0.2) is 18.2 Å². The lowest BCUT2D eigenvalue weighted by molar-refractivity contribution is 0.0956. The summed E-state index contributed by atoms with van der Waals surface area (Å²) in [6.45, 7) is 4.66. The van der Waals surface area contributed by atoms with Crippen molar-refractivity contribution < 1.29 is 18.0 Å². The normalized spacial score (nSPS) is 20.7. The van der Waals surface area contributed by atoms with Gasteiger partial charge >= 0.3 is 0 Å². The molecule has 5 rings (SSSR count). The van der Waals surface area contributed by atoms with Gasteiger partial charge in [0.25, 0.3) is 5.91 Å². The van der Waals surface area contributed by atoms with Gasteiger partial charge in [0.2, 0.25) is 0 Å². The first-order valence-electron chi connectivity index (χ1n) is 11.3. The third kappa shape index (κ3) is 4.09. The number of nitrogens with zero attached hydrogens (tertiary/aromatic N) is 2. The highest BCUT2D eigenvalue weighted by Crippen LogP contribution is 2.34. The predicted octanol–water partition coefficient (Wildman–Crippen LogP) is 4.08. The molecule has 0 aliphatic carbocycles. The summed E-state index contributed by atoms with van der Waals surface area (Å²) in [5, 5.41) is 6.60. The van der Waals surface area contributed by atoms with E-state index in [1.165, 1.54) is 25.1 Å². The van der Waals surface area contributed by atoms with Crippen molar-refractivity contribution in [1.82, 2.24) is 15.6 Å². The SMILES string of the molecule is Cc1nc2sc(C(=O)NCC(C)c3cc(F)c(N4C[C@H]5CC[C@@H](C4)N5)cc3F)c(N)c2cc1F. The van der Waals surface area contributed by atoms with E-state index in [0.717, 1.165) is 24.2 Å². The van der Waals surface area contributed by atoms with E-state index in [1.807, 2.05) is 4.90 Å². The van der Waals surface area contributed by atoms with Gasteiger partial charge in [0.05, 0.1) is 17.1 Å². The number of nitrogen functional groups attached to an aromatic ring is 1. The summed E-state index contributed by atoms with van der Waals surface area (Å²) in [5.41, 5.74) is 6.92. The molecule has 2 aliphatic heterocycles. The zero-order valence-electron chi connectivity index (χ0n) is 18.9. The number of aromatic nitrogens is 1. The Morgan fingerprint density at radius 3 is 2.62 bits per heavy atom. The van der Waals surface area contributed by atoms with E-state index in [0.29, 0.717) is 35.4 Å². The number of piperazine rings is 1. The van der Waals surface area contributed by atoms with Gasteiger partial charge in [-0.2, -0.15) is 0 Å². The van der Waals surface area contributed by atoms with Gasteiger partial charge in [-0.15, -0.1) is 11.3 Å². The average Bonchev–Trinajstić information content (AvgIpc) is 3.31. The summed E-state index contributed by atoms with van der Waals surface area (Å²) < 4.78 is 43.8. The van der Waals surface area contributed by atoms with E-state index in [1.54, 1.807) is 6.92 Å². The second kappa shape index (κ2) is 8.74. The van der Waals surface area contributed by atoms with Crippen LogP contribution in [0.3, 0.4) is 0 Å². The maximum atomic E-state index is 15.0. The van der Waals surface area contributed by atoms with E-state index >= 15 is 0 Å². The van der Waals surface area contributed by atoms with Crippen molar-refractivity contribution in [2.45, 2.75) is 44.7 Å². The molecule has 4 N–H and O–H groups in total. The Bertz CT molecular complexity index is 1270. The minimum Gasteiger partial charge on any atom is -0.397 e. The Balaban J connectivity index is 1.29. The quantitative estimate of drug-likeness (QED) is 0.503. The van der Waals surface area contributed by atoms with Crippen molar-refractivity contribution in [3.8, 4) is 0 Å². The Kier molecular flexibility index (Phi) is 5.89. The fraction of sp³-hybridized carbons (Fsp3) is 0.417. The van der Waals surface area contributed by atoms with Crippen LogP contribution in [-0.4, -0.2) is 42.6 Å². The molecule has 34 heavy (non-hydrogen) atoms. The number of hydrogen-bond donors (Lipinski definition) is 3. The number of pyridine rings is 1. The van der Waals surface area contributed by atoms with Crippen molar-refractivity contribution in [3.05, 3.63) is 51.8 Å². The molecule has 3 atom stereocenters. The summed E-state index contributed by atoms with van der Waals surface area (Å²) >= 11 is 1.07. The number of halogens is 3. The van der Waals surface area contributed by atoms with Crippen molar-refractivity contribution in [2.75, 3.05) is 30.3 Å². The lowest BCUT2D eigenvalue weighted by Crippen LogP contribution is -2.51. The highest BCUT2D eigenvalue weighted by atomic mass is 32.1. The standard InChI is InChI=1S/C24H26F3N5OS/c1-11(8-29-23(33)22-21(28)16-6-17(25)12(2)30-24(16)34-22)15-5-19(27)20(7-18(15)26)32-9-13-3-4-14(10-32)31-13/h5-7,11,13-14,31H,3-4,8-10,28H2,1-2H3,(H,29,33)/t11?,13-,14+. The number of fused-ring (bicyclic) bond motifs is 3. The number of nitrogens with one attached hydrogen (secondary N) is 2. The molecule has 10 heteroatoms. The second-order valence-corrected chi connectivity index (χ2v) is 10.2. The molecule has 2 fully saturated rings. The van der Waals surface area contributed by atoms with Crippen LogP contribution in [-0.2, 0) is 0 Å². The van der Waals surface area contributed by atoms with Gasteiger partial charge in [0.15, 0.2) is 0 Å². The molecule has 1 aromatic carbocycles. The van der Waals surface area contributed by atoms with Crippen LogP contribution in [0.25, 0.3) is 10.2 Å². The molecule has 2 bridgehead atoms. The summed E-state index contributed by atoms with van der Waals surface area (Å²) in [7, 11) is 0. The maximum Gasteiger partial charge on any atom is 0.263 e. The number of hydrogen-bond acceptors (Lipinski definition) is 6. The molecule has 4 heterocycles. The number of carbonyl (C=O) groups is 1. The van der Waals surface area contributed by atoms with Crippen LogP contribution in [0.15, 0.2) is 18.2 Å². The van der Waals surface area contributed by atoms with Gasteiger partial charge in [-0.3, -0.25) is 4.79 Å². The lowest BCUT2D eigenvalue weighted by Gasteiger charge is -2.35. The summed E-state index contributed by atoms with van der Waals surface area (Å²) in [4.78, 5) is 19.5. The fourth-order valence-corrected chi connectivity index (χ4v) is 5.91. The molecule has 2 aliphatic rings. The average molecular weight is 490 g/mol. The Labute approximate surface area is 199 Å². The van der Waals surface area contributed by atoms with E-state index in [2.05, 4.69) is 15.6 Å². The Morgan fingerprint density at radius 2 is 1.91 bits per heavy atom. The minimum atomic E-state index is -0.499. The van der Waals surface area contributed by atoms with Crippen LogP contribution in [0, 0.1) is 24.4 Å². The zero-order chi connectivity index (χ0) is 24.1. The van der Waals surface area contributed by atoms with Crippen LogP contribution in [0.1, 0.15) is 46.6 Å². The fourth-order valence-electron chi connectivity index (χ4n) is 4.87. The summed E-state index contributed by atoms with van der Waals surface area (Å²) in [6.07, 6.45) is 2.10. The summed E-state index contributed by atoms with van der Waals surface area (Å²) in [5.74, 6) is -2.39. The first-order valence-corrected chi connectivity index (χ1v) is 12.2. The molecule has 180 valence electrons. The van der Waals surface area contributed by atoms with Crippen molar-refractivity contribution in [1.29, 1.82) is 0 Å². The lowest BCUT2D eigenvalue weighted by atomic mass is 9.99. The number of amides is 1. The number of nitrogens with two attached hydrogens (primary N) is 1. The van der Waals surface area contributed by atoms with Crippen molar-refractivity contribution in [3.63, 3.8) is 0 Å². The largest absolute Gasteiger partial charge is 0.397 e. The number of carbonyl (C=O) groups excluding carboxylic acids is 1.